The van der Waals surface area contributed by atoms with Crippen LogP contribution in [0.2, 0.25) is 0 Å². The van der Waals surface area contributed by atoms with E-state index in [1.807, 2.05) is 13.8 Å². The second kappa shape index (κ2) is 11.1. The number of nitrogens with one attached hydrogen (secondary N) is 1. The lowest BCUT2D eigenvalue weighted by atomic mass is 10.0. The number of aromatic nitrogens is 1. The number of likely N-dealkylation sites (tertiary alicyclic amines) is 1. The summed E-state index contributed by atoms with van der Waals surface area (Å²) in [5, 5.41) is 12.8. The van der Waals surface area contributed by atoms with Gasteiger partial charge in [-0.2, -0.15) is 0 Å². The van der Waals surface area contributed by atoms with Crippen molar-refractivity contribution in [1.29, 1.82) is 0 Å². The number of alkyl halides is 2. The lowest BCUT2D eigenvalue weighted by Gasteiger charge is -2.27. The van der Waals surface area contributed by atoms with E-state index in [2.05, 4.69) is 10.3 Å². The van der Waals surface area contributed by atoms with Gasteiger partial charge in [0.05, 0.1) is 22.5 Å². The number of amides is 2. The first-order valence-electron chi connectivity index (χ1n) is 10.0. The van der Waals surface area contributed by atoms with Crippen LogP contribution in [0.4, 0.5) is 8.78 Å². The smallest absolute Gasteiger partial charge is 0.281 e. The van der Waals surface area contributed by atoms with Crippen molar-refractivity contribution < 1.29 is 23.5 Å². The molecular formula is C21H27ClF2N4O3S. The molecule has 1 aliphatic heterocycles. The summed E-state index contributed by atoms with van der Waals surface area (Å²) in [6, 6.07) is 5.38. The molecule has 1 saturated heterocycles. The fraction of sp³-hybridized carbons (Fsp3) is 0.476. The summed E-state index contributed by atoms with van der Waals surface area (Å²) < 4.78 is 26.1. The lowest BCUT2D eigenvalue weighted by Crippen LogP contribution is -2.52. The Kier molecular flexibility index (Phi) is 9.08. The molecule has 11 heteroatoms. The van der Waals surface area contributed by atoms with Crippen molar-refractivity contribution in [1.82, 2.24) is 15.2 Å². The van der Waals surface area contributed by atoms with E-state index in [1.165, 1.54) is 10.4 Å². The average Bonchev–Trinajstić information content (AvgIpc) is 3.38. The van der Waals surface area contributed by atoms with E-state index in [0.717, 1.165) is 16.9 Å². The molecule has 0 radical (unpaired) electrons. The number of rotatable bonds is 7. The molecule has 1 aromatic carbocycles. The lowest BCUT2D eigenvalue weighted by molar-refractivity contribution is -0.140. The number of β-amino-alcohol motifs (C(OH)–C–C–N with tert-alkyl or cyclic N) is 1. The summed E-state index contributed by atoms with van der Waals surface area (Å²) in [6.45, 7) is 3.93. The van der Waals surface area contributed by atoms with Crippen LogP contribution in [0.25, 0.3) is 10.4 Å². The number of aliphatic hydroxyl groups is 1. The van der Waals surface area contributed by atoms with Gasteiger partial charge in [0, 0.05) is 19.5 Å². The number of aliphatic hydroxyl groups excluding tert-OH is 1. The Balaban J connectivity index is 0.00000363. The normalized spacial score (nSPS) is 19.2. The zero-order chi connectivity index (χ0) is 22.7. The highest BCUT2D eigenvalue weighted by Gasteiger charge is 2.40. The number of nitrogens with zero attached hydrogens (tertiary/aromatic N) is 2. The number of hydrogen-bond donors (Lipinski definition) is 3. The van der Waals surface area contributed by atoms with Crippen molar-refractivity contribution in [2.24, 2.45) is 11.7 Å². The first-order valence-corrected chi connectivity index (χ1v) is 10.9. The molecule has 0 spiro atoms. The van der Waals surface area contributed by atoms with Crippen LogP contribution in [0.15, 0.2) is 29.8 Å². The molecule has 3 rings (SSSR count). The van der Waals surface area contributed by atoms with E-state index in [4.69, 9.17) is 5.73 Å². The van der Waals surface area contributed by atoms with Gasteiger partial charge in [0.1, 0.15) is 11.7 Å². The maximum Gasteiger partial charge on any atom is 0.281 e. The van der Waals surface area contributed by atoms with Gasteiger partial charge in [-0.25, -0.2) is 13.8 Å². The third-order valence-electron chi connectivity index (χ3n) is 5.35. The fourth-order valence-corrected chi connectivity index (χ4v) is 4.30. The highest BCUT2D eigenvalue weighted by atomic mass is 35.5. The summed E-state index contributed by atoms with van der Waals surface area (Å²) in [5.74, 6) is -0.806. The minimum absolute atomic E-state index is 0. The summed E-state index contributed by atoms with van der Waals surface area (Å²) in [7, 11) is 0. The Morgan fingerprint density at radius 2 is 1.97 bits per heavy atom. The van der Waals surface area contributed by atoms with Crippen LogP contribution in [0.1, 0.15) is 38.0 Å². The predicted molar refractivity (Wildman–Crippen MR) is 121 cm³/mol. The average molecular weight is 489 g/mol. The highest BCUT2D eigenvalue weighted by molar-refractivity contribution is 7.13. The van der Waals surface area contributed by atoms with Crippen LogP contribution in [0.5, 0.6) is 0 Å². The van der Waals surface area contributed by atoms with Crippen molar-refractivity contribution >= 4 is 35.6 Å². The van der Waals surface area contributed by atoms with Gasteiger partial charge in [0.15, 0.2) is 0 Å². The molecule has 1 aromatic heterocycles. The minimum atomic E-state index is -2.64. The topological polar surface area (TPSA) is 109 Å². The molecule has 0 saturated carbocycles. The van der Waals surface area contributed by atoms with E-state index in [9.17, 15) is 23.5 Å². The van der Waals surface area contributed by atoms with E-state index in [1.54, 1.807) is 24.3 Å². The van der Waals surface area contributed by atoms with Crippen LogP contribution in [-0.4, -0.2) is 51.5 Å². The van der Waals surface area contributed by atoms with Crippen molar-refractivity contribution in [3.63, 3.8) is 0 Å². The quantitative estimate of drug-likeness (QED) is 0.555. The number of nitrogens with two attached hydrogens (primary N) is 1. The molecule has 3 atom stereocenters. The first kappa shape index (κ1) is 26.1. The van der Waals surface area contributed by atoms with Crippen LogP contribution in [0, 0.1) is 5.92 Å². The van der Waals surface area contributed by atoms with E-state index >= 15 is 0 Å². The molecule has 176 valence electrons. The second-order valence-electron chi connectivity index (χ2n) is 7.95. The van der Waals surface area contributed by atoms with Gasteiger partial charge in [-0.05, 0) is 17.0 Å². The number of halogens is 3. The summed E-state index contributed by atoms with van der Waals surface area (Å²) in [6.07, 6.45) is -3.26. The standard InChI is InChI=1S/C21H26F2N4O3S.ClH/c1-11(2)16(24)21(30)27-9-14(28)7-15(27)20(29)25-8-12-3-5-13(6-4-12)18-17(19(22)23)26-10-31-18;/h3-6,10-11,14-16,19,28H,7-9,24H2,1-2H3,(H,25,29);1H/t14-,15+,16+;/m1./s1. The monoisotopic (exact) mass is 488 g/mol. The summed E-state index contributed by atoms with van der Waals surface area (Å²) >= 11 is 1.15. The summed E-state index contributed by atoms with van der Waals surface area (Å²) in [4.78, 5) is 30.8. The molecule has 7 nitrogen and oxygen atoms in total. The Morgan fingerprint density at radius 1 is 1.31 bits per heavy atom. The van der Waals surface area contributed by atoms with Gasteiger partial charge < -0.3 is 21.1 Å². The molecule has 0 aliphatic carbocycles. The molecule has 2 aromatic rings. The maximum atomic E-state index is 13.0. The molecule has 2 amide bonds. The molecule has 4 N–H and O–H groups in total. The molecule has 0 bridgehead atoms. The molecule has 0 unspecified atom stereocenters. The van der Waals surface area contributed by atoms with Crippen molar-refractivity contribution in [2.75, 3.05) is 6.54 Å². The van der Waals surface area contributed by atoms with Gasteiger partial charge in [-0.1, -0.05) is 38.1 Å². The van der Waals surface area contributed by atoms with Crippen LogP contribution in [0.3, 0.4) is 0 Å². The zero-order valence-corrected chi connectivity index (χ0v) is 19.3. The van der Waals surface area contributed by atoms with Crippen LogP contribution >= 0.6 is 23.7 Å². The largest absolute Gasteiger partial charge is 0.391 e. The molecular weight excluding hydrogens is 462 g/mol. The zero-order valence-electron chi connectivity index (χ0n) is 17.7. The van der Waals surface area contributed by atoms with E-state index in [0.29, 0.717) is 10.4 Å². The predicted octanol–water partition coefficient (Wildman–Crippen LogP) is 2.73. The summed E-state index contributed by atoms with van der Waals surface area (Å²) in [5.41, 5.74) is 8.49. The van der Waals surface area contributed by atoms with Gasteiger partial charge in [-0.3, -0.25) is 9.59 Å². The highest BCUT2D eigenvalue weighted by Crippen LogP contribution is 2.33. The minimum Gasteiger partial charge on any atom is -0.391 e. The third kappa shape index (κ3) is 5.80. The van der Waals surface area contributed by atoms with Crippen LogP contribution in [-0.2, 0) is 16.1 Å². The van der Waals surface area contributed by atoms with Gasteiger partial charge in [0.25, 0.3) is 6.43 Å². The Bertz CT molecular complexity index is 926. The Morgan fingerprint density at radius 3 is 2.56 bits per heavy atom. The van der Waals surface area contributed by atoms with Gasteiger partial charge in [0.2, 0.25) is 11.8 Å². The number of carbonyl (C=O) groups is 2. The van der Waals surface area contributed by atoms with Gasteiger partial charge >= 0.3 is 0 Å². The molecule has 1 aliphatic rings. The maximum absolute atomic E-state index is 13.0. The van der Waals surface area contributed by atoms with Crippen molar-refractivity contribution in [3.8, 4) is 10.4 Å². The van der Waals surface area contributed by atoms with Crippen molar-refractivity contribution in [2.45, 2.75) is 51.4 Å². The second-order valence-corrected chi connectivity index (χ2v) is 8.80. The van der Waals surface area contributed by atoms with Crippen molar-refractivity contribution in [3.05, 3.63) is 41.0 Å². The Labute approximate surface area is 195 Å². The molecule has 1 fully saturated rings. The van der Waals surface area contributed by atoms with E-state index < -0.39 is 24.6 Å². The van der Waals surface area contributed by atoms with Crippen LogP contribution < -0.4 is 11.1 Å². The number of hydrogen-bond acceptors (Lipinski definition) is 6. The number of thiazole rings is 1. The SMILES string of the molecule is CC(C)[C@H](N)C(=O)N1C[C@H](O)C[C@H]1C(=O)NCc1ccc(-c2scnc2C(F)F)cc1.Cl. The first-order chi connectivity index (χ1) is 14.7. The number of benzene rings is 1. The molecule has 2 heterocycles. The Hall–Kier alpha value is -2.14. The van der Waals surface area contributed by atoms with Gasteiger partial charge in [-0.15, -0.1) is 23.7 Å². The fourth-order valence-electron chi connectivity index (χ4n) is 3.49. The third-order valence-corrected chi connectivity index (χ3v) is 6.24. The number of carbonyl (C=O) groups excluding carboxylic acids is 2. The molecule has 32 heavy (non-hydrogen) atoms. The van der Waals surface area contributed by atoms with E-state index in [-0.39, 0.29) is 55.3 Å².